The highest BCUT2D eigenvalue weighted by molar-refractivity contribution is 6.00. The minimum absolute atomic E-state index is 0.0159. The molecular weight excluding hydrogens is 352 g/mol. The zero-order valence-corrected chi connectivity index (χ0v) is 16.3. The Morgan fingerprint density at radius 1 is 1.32 bits per heavy atom. The number of rotatable bonds is 4. The van der Waals surface area contributed by atoms with Crippen LogP contribution in [0.4, 0.5) is 11.5 Å². The fourth-order valence-electron chi connectivity index (χ4n) is 3.75. The molecule has 2 heterocycles. The number of carbonyl (C=O) groups is 1. The summed E-state index contributed by atoms with van der Waals surface area (Å²) in [4.78, 5) is 28.7. The molecule has 2 aromatic heterocycles. The number of aryl methyl sites for hydroxylation is 1. The third kappa shape index (κ3) is 3.15. The first kappa shape index (κ1) is 18.2. The summed E-state index contributed by atoms with van der Waals surface area (Å²) in [6.45, 7) is 4.13. The van der Waals surface area contributed by atoms with E-state index < -0.39 is 0 Å². The molecule has 1 aliphatic carbocycles. The number of hydrogen-bond donors (Lipinski definition) is 2. The van der Waals surface area contributed by atoms with Crippen LogP contribution >= 0.6 is 0 Å². The summed E-state index contributed by atoms with van der Waals surface area (Å²) in [6.07, 6.45) is 3.42. The van der Waals surface area contributed by atoms with Crippen molar-refractivity contribution in [1.29, 1.82) is 0 Å². The van der Waals surface area contributed by atoms with Crippen molar-refractivity contribution in [2.45, 2.75) is 26.7 Å². The first-order chi connectivity index (χ1) is 13.4. The third-order valence-corrected chi connectivity index (χ3v) is 5.62. The van der Waals surface area contributed by atoms with Crippen LogP contribution < -0.4 is 16.6 Å². The van der Waals surface area contributed by atoms with Crippen molar-refractivity contribution in [3.8, 4) is 11.3 Å². The first-order valence-corrected chi connectivity index (χ1v) is 9.58. The molecule has 3 N–H and O–H groups in total. The van der Waals surface area contributed by atoms with Crippen LogP contribution in [0.5, 0.6) is 0 Å². The molecule has 0 radical (unpaired) electrons. The van der Waals surface area contributed by atoms with Crippen molar-refractivity contribution < 1.29 is 4.79 Å². The van der Waals surface area contributed by atoms with Crippen molar-refractivity contribution >= 4 is 28.2 Å². The Labute approximate surface area is 163 Å². The molecule has 0 saturated heterocycles. The van der Waals surface area contributed by atoms with Crippen LogP contribution in [0.15, 0.2) is 41.3 Å². The van der Waals surface area contributed by atoms with Crippen LogP contribution in [0.3, 0.4) is 0 Å². The lowest BCUT2D eigenvalue weighted by Gasteiger charge is -2.15. The minimum Gasteiger partial charge on any atom is -0.398 e. The van der Waals surface area contributed by atoms with Gasteiger partial charge >= 0.3 is 0 Å². The zero-order valence-electron chi connectivity index (χ0n) is 16.3. The highest BCUT2D eigenvalue weighted by Crippen LogP contribution is 2.38. The van der Waals surface area contributed by atoms with E-state index in [2.05, 4.69) is 24.1 Å². The molecule has 1 amide bonds. The predicted molar refractivity (Wildman–Crippen MR) is 112 cm³/mol. The largest absolute Gasteiger partial charge is 0.398 e. The molecule has 2 atom stereocenters. The van der Waals surface area contributed by atoms with Gasteiger partial charge in [0.1, 0.15) is 5.82 Å². The van der Waals surface area contributed by atoms with Crippen LogP contribution in [-0.4, -0.2) is 15.5 Å². The molecule has 0 aliphatic heterocycles. The number of hydrogen-bond acceptors (Lipinski definition) is 4. The molecule has 0 spiro atoms. The van der Waals surface area contributed by atoms with Gasteiger partial charge in [-0.05, 0) is 47.9 Å². The number of carbonyl (C=O) groups excluding carboxylic acids is 1. The van der Waals surface area contributed by atoms with Crippen LogP contribution in [0.2, 0.25) is 0 Å². The van der Waals surface area contributed by atoms with Gasteiger partial charge in [0.15, 0.2) is 0 Å². The normalized spacial score (nSPS) is 18.2. The number of aromatic nitrogens is 2. The van der Waals surface area contributed by atoms with Gasteiger partial charge in [-0.15, -0.1) is 0 Å². The predicted octanol–water partition coefficient (Wildman–Crippen LogP) is 3.34. The summed E-state index contributed by atoms with van der Waals surface area (Å²) in [5, 5.41) is 4.60. The second-order valence-electron chi connectivity index (χ2n) is 7.62. The second kappa shape index (κ2) is 6.78. The summed E-state index contributed by atoms with van der Waals surface area (Å²) < 4.78 is 1.65. The number of benzene rings is 1. The summed E-state index contributed by atoms with van der Waals surface area (Å²) in [5.41, 5.74) is 9.62. The Morgan fingerprint density at radius 3 is 2.75 bits per heavy atom. The lowest BCUT2D eigenvalue weighted by Crippen LogP contribution is -2.18. The maximum atomic E-state index is 12.2. The van der Waals surface area contributed by atoms with E-state index in [0.29, 0.717) is 17.4 Å². The maximum absolute atomic E-state index is 12.2. The van der Waals surface area contributed by atoms with E-state index >= 15 is 0 Å². The fraction of sp³-hybridized carbons (Fsp3) is 0.318. The molecule has 0 bridgehead atoms. The summed E-state index contributed by atoms with van der Waals surface area (Å²) >= 11 is 0. The van der Waals surface area contributed by atoms with Gasteiger partial charge in [-0.25, -0.2) is 4.98 Å². The average molecular weight is 376 g/mol. The summed E-state index contributed by atoms with van der Waals surface area (Å²) in [5.74, 6) is 1.06. The quantitative estimate of drug-likeness (QED) is 0.684. The molecule has 144 valence electrons. The van der Waals surface area contributed by atoms with E-state index in [-0.39, 0.29) is 17.4 Å². The molecule has 6 heteroatoms. The molecule has 4 rings (SSSR count). The van der Waals surface area contributed by atoms with Gasteiger partial charge in [-0.1, -0.05) is 19.9 Å². The van der Waals surface area contributed by atoms with Crippen molar-refractivity contribution in [1.82, 2.24) is 9.55 Å². The third-order valence-electron chi connectivity index (χ3n) is 5.62. The topological polar surface area (TPSA) is 90.0 Å². The van der Waals surface area contributed by atoms with Gasteiger partial charge in [-0.3, -0.25) is 9.59 Å². The van der Waals surface area contributed by atoms with Crippen LogP contribution in [0, 0.1) is 11.8 Å². The smallest absolute Gasteiger partial charge is 0.250 e. The fourth-order valence-corrected chi connectivity index (χ4v) is 3.75. The van der Waals surface area contributed by atoms with Crippen LogP contribution in [-0.2, 0) is 18.3 Å². The second-order valence-corrected chi connectivity index (χ2v) is 7.62. The molecule has 1 fully saturated rings. The Balaban J connectivity index is 1.80. The van der Waals surface area contributed by atoms with E-state index in [1.165, 1.54) is 0 Å². The maximum Gasteiger partial charge on any atom is 0.250 e. The van der Waals surface area contributed by atoms with E-state index in [1.54, 1.807) is 23.9 Å². The highest BCUT2D eigenvalue weighted by Gasteiger charge is 2.39. The number of nitrogen functional groups attached to an aromatic ring is 1. The van der Waals surface area contributed by atoms with Crippen LogP contribution in [0.1, 0.15) is 25.8 Å². The van der Waals surface area contributed by atoms with Gasteiger partial charge in [-0.2, -0.15) is 0 Å². The summed E-state index contributed by atoms with van der Waals surface area (Å²) in [6, 6.07) is 9.17. The monoisotopic (exact) mass is 376 g/mol. The Kier molecular flexibility index (Phi) is 4.41. The summed E-state index contributed by atoms with van der Waals surface area (Å²) in [7, 11) is 1.77. The number of nitrogens with two attached hydrogens (primary N) is 1. The number of nitrogens with zero attached hydrogens (tertiary/aromatic N) is 2. The minimum atomic E-state index is -0.0629. The van der Waals surface area contributed by atoms with Gasteiger partial charge < -0.3 is 15.6 Å². The van der Waals surface area contributed by atoms with E-state index in [1.807, 2.05) is 24.3 Å². The molecule has 1 saturated carbocycles. The standard InChI is InChI=1S/C22H24N4O2/c1-4-13-5-6-20(27)26(3)21(13)15-8-14-10-19(24-11-17(14)18(23)9-15)25-22(28)16-7-12(16)2/h5-6,8-12,16H,4,7,23H2,1-3H3,(H,24,25,28)/t12-,16-/m1/s1. The average Bonchev–Trinajstić information content (AvgIpc) is 3.40. The molecule has 3 aromatic rings. The highest BCUT2D eigenvalue weighted by atomic mass is 16.2. The van der Waals surface area contributed by atoms with Crippen LogP contribution in [0.25, 0.3) is 22.0 Å². The first-order valence-electron chi connectivity index (χ1n) is 9.58. The van der Waals surface area contributed by atoms with E-state index in [0.717, 1.165) is 40.4 Å². The molecule has 1 aromatic carbocycles. The van der Waals surface area contributed by atoms with E-state index in [9.17, 15) is 9.59 Å². The Bertz CT molecular complexity index is 1150. The van der Waals surface area contributed by atoms with Gasteiger partial charge in [0.05, 0.1) is 5.69 Å². The lowest BCUT2D eigenvalue weighted by atomic mass is 9.99. The van der Waals surface area contributed by atoms with Crippen molar-refractivity contribution in [3.05, 3.63) is 52.4 Å². The van der Waals surface area contributed by atoms with Crippen molar-refractivity contribution in [3.63, 3.8) is 0 Å². The van der Waals surface area contributed by atoms with Crippen molar-refractivity contribution in [2.24, 2.45) is 18.9 Å². The van der Waals surface area contributed by atoms with Crippen molar-refractivity contribution in [2.75, 3.05) is 11.1 Å². The number of fused-ring (bicyclic) bond motifs is 1. The van der Waals surface area contributed by atoms with Gasteiger partial charge in [0.25, 0.3) is 5.56 Å². The van der Waals surface area contributed by atoms with Gasteiger partial charge in [0.2, 0.25) is 5.91 Å². The number of nitrogens with one attached hydrogen (secondary N) is 1. The zero-order chi connectivity index (χ0) is 20.0. The Morgan fingerprint density at radius 2 is 2.07 bits per heavy atom. The van der Waals surface area contributed by atoms with Gasteiger partial charge in [0, 0.05) is 41.9 Å². The molecule has 6 nitrogen and oxygen atoms in total. The van der Waals surface area contributed by atoms with E-state index in [4.69, 9.17) is 5.73 Å². The molecule has 28 heavy (non-hydrogen) atoms. The number of pyridine rings is 2. The number of amides is 1. The number of anilines is 2. The molecular formula is C22H24N4O2. The molecule has 1 aliphatic rings. The molecule has 0 unspecified atom stereocenters. The SMILES string of the molecule is CCc1ccc(=O)n(C)c1-c1cc(N)c2cnc(NC(=O)[C@@H]3C[C@H]3C)cc2c1. The lowest BCUT2D eigenvalue weighted by molar-refractivity contribution is -0.117. The Hall–Kier alpha value is -3.15.